The molecule has 5 nitrogen and oxygen atoms in total. The summed E-state index contributed by atoms with van der Waals surface area (Å²) in [4.78, 5) is 10.0. The molecule has 1 aliphatic heterocycles. The molecule has 6 heteroatoms. The fourth-order valence-corrected chi connectivity index (χ4v) is 3.95. The highest BCUT2D eigenvalue weighted by molar-refractivity contribution is 7.22. The molecule has 1 unspecified atom stereocenters. The lowest BCUT2D eigenvalue weighted by atomic mass is 10.1. The molecule has 1 atom stereocenters. The molecule has 3 aromatic rings. The summed E-state index contributed by atoms with van der Waals surface area (Å²) >= 11 is 1.71. The quantitative estimate of drug-likeness (QED) is 0.765. The zero-order valence-corrected chi connectivity index (χ0v) is 14.3. The first-order valence-electron chi connectivity index (χ1n) is 8.04. The lowest BCUT2D eigenvalue weighted by Crippen LogP contribution is -2.14. The molecule has 4 rings (SSSR count). The number of fused-ring (bicyclic) bond motifs is 1. The Balaban J connectivity index is 1.60. The maximum Gasteiger partial charge on any atom is 0.147 e. The van der Waals surface area contributed by atoms with Gasteiger partial charge in [-0.2, -0.15) is 0 Å². The third-order valence-corrected chi connectivity index (χ3v) is 5.45. The number of aromatic nitrogens is 2. The third kappa shape index (κ3) is 3.07. The molecule has 0 saturated carbocycles. The SMILES string of the molecule is COc1ccc(-c2cc3ncnc(NCC4CCOC4)c3s2)cc1. The minimum Gasteiger partial charge on any atom is -0.497 e. The van der Waals surface area contributed by atoms with Crippen LogP contribution in [-0.2, 0) is 4.74 Å². The van der Waals surface area contributed by atoms with Gasteiger partial charge in [-0.05, 0) is 42.3 Å². The highest BCUT2D eigenvalue weighted by Gasteiger charge is 2.16. The fraction of sp³-hybridized carbons (Fsp3) is 0.333. The Morgan fingerprint density at radius 3 is 2.92 bits per heavy atom. The van der Waals surface area contributed by atoms with Crippen LogP contribution in [0.1, 0.15) is 6.42 Å². The summed E-state index contributed by atoms with van der Waals surface area (Å²) in [6.45, 7) is 2.59. The van der Waals surface area contributed by atoms with Crippen LogP contribution < -0.4 is 10.1 Å². The summed E-state index contributed by atoms with van der Waals surface area (Å²) in [5.74, 6) is 2.34. The zero-order chi connectivity index (χ0) is 16.4. The number of thiophene rings is 1. The highest BCUT2D eigenvalue weighted by atomic mass is 32.1. The van der Waals surface area contributed by atoms with Crippen molar-refractivity contribution in [3.8, 4) is 16.2 Å². The number of anilines is 1. The van der Waals surface area contributed by atoms with Crippen molar-refractivity contribution >= 4 is 27.4 Å². The molecular formula is C18H19N3O2S. The first-order chi connectivity index (χ1) is 11.8. The van der Waals surface area contributed by atoms with Crippen LogP contribution in [0.5, 0.6) is 5.75 Å². The first kappa shape index (κ1) is 15.4. The molecular weight excluding hydrogens is 322 g/mol. The van der Waals surface area contributed by atoms with Crippen molar-refractivity contribution in [3.63, 3.8) is 0 Å². The molecule has 0 radical (unpaired) electrons. The van der Waals surface area contributed by atoms with Gasteiger partial charge in [0.05, 0.1) is 23.9 Å². The Hall–Kier alpha value is -2.18. The van der Waals surface area contributed by atoms with E-state index < -0.39 is 0 Å². The predicted molar refractivity (Wildman–Crippen MR) is 96.8 cm³/mol. The van der Waals surface area contributed by atoms with Gasteiger partial charge in [0.25, 0.3) is 0 Å². The van der Waals surface area contributed by atoms with Gasteiger partial charge in [0.2, 0.25) is 0 Å². The van der Waals surface area contributed by atoms with E-state index >= 15 is 0 Å². The zero-order valence-electron chi connectivity index (χ0n) is 13.5. The summed E-state index contributed by atoms with van der Waals surface area (Å²) in [5, 5.41) is 3.47. The van der Waals surface area contributed by atoms with Crippen LogP contribution in [0.2, 0.25) is 0 Å². The molecule has 0 aliphatic carbocycles. The summed E-state index contributed by atoms with van der Waals surface area (Å²) in [6, 6.07) is 10.2. The van der Waals surface area contributed by atoms with Crippen molar-refractivity contribution in [2.45, 2.75) is 6.42 Å². The average molecular weight is 341 g/mol. The van der Waals surface area contributed by atoms with E-state index in [0.717, 1.165) is 53.5 Å². The lowest BCUT2D eigenvalue weighted by molar-refractivity contribution is 0.187. The van der Waals surface area contributed by atoms with Crippen molar-refractivity contribution in [3.05, 3.63) is 36.7 Å². The summed E-state index contributed by atoms with van der Waals surface area (Å²) in [6.07, 6.45) is 2.74. The van der Waals surface area contributed by atoms with Gasteiger partial charge >= 0.3 is 0 Å². The third-order valence-electron chi connectivity index (χ3n) is 4.27. The van der Waals surface area contributed by atoms with E-state index in [9.17, 15) is 0 Å². The molecule has 3 heterocycles. The number of nitrogens with one attached hydrogen (secondary N) is 1. The Morgan fingerprint density at radius 2 is 2.17 bits per heavy atom. The number of ether oxygens (including phenoxy) is 2. The van der Waals surface area contributed by atoms with Crippen molar-refractivity contribution in [2.75, 3.05) is 32.2 Å². The van der Waals surface area contributed by atoms with Gasteiger partial charge in [-0.25, -0.2) is 9.97 Å². The number of rotatable bonds is 5. The van der Waals surface area contributed by atoms with Crippen LogP contribution in [0.3, 0.4) is 0 Å². The molecule has 0 spiro atoms. The normalized spacial score (nSPS) is 17.3. The lowest BCUT2D eigenvalue weighted by Gasteiger charge is -2.10. The number of benzene rings is 1. The molecule has 1 fully saturated rings. The summed E-state index contributed by atoms with van der Waals surface area (Å²) < 4.78 is 11.8. The minimum atomic E-state index is 0.566. The standard InChI is InChI=1S/C18H19N3O2S/c1-22-14-4-2-13(3-5-14)16-8-15-17(24-16)18(21-11-20-15)19-9-12-6-7-23-10-12/h2-5,8,11-12H,6-7,9-10H2,1H3,(H,19,20,21). The Morgan fingerprint density at radius 1 is 1.29 bits per heavy atom. The highest BCUT2D eigenvalue weighted by Crippen LogP contribution is 2.36. The maximum atomic E-state index is 5.43. The minimum absolute atomic E-state index is 0.566. The van der Waals surface area contributed by atoms with Crippen LogP contribution in [0, 0.1) is 5.92 Å². The smallest absolute Gasteiger partial charge is 0.147 e. The molecule has 0 amide bonds. The molecule has 124 valence electrons. The Bertz CT molecular complexity index is 826. The van der Waals surface area contributed by atoms with Gasteiger partial charge in [-0.15, -0.1) is 11.3 Å². The van der Waals surface area contributed by atoms with Gasteiger partial charge < -0.3 is 14.8 Å². The summed E-state index contributed by atoms with van der Waals surface area (Å²) in [7, 11) is 1.68. The Labute approximate surface area is 144 Å². The monoisotopic (exact) mass is 341 g/mol. The van der Waals surface area contributed by atoms with Crippen LogP contribution in [0.4, 0.5) is 5.82 Å². The second-order valence-corrected chi connectivity index (χ2v) is 6.94. The van der Waals surface area contributed by atoms with Crippen molar-refractivity contribution in [1.29, 1.82) is 0 Å². The van der Waals surface area contributed by atoms with Gasteiger partial charge in [-0.1, -0.05) is 0 Å². The second-order valence-electron chi connectivity index (χ2n) is 5.89. The summed E-state index contributed by atoms with van der Waals surface area (Å²) in [5.41, 5.74) is 2.14. The van der Waals surface area contributed by atoms with E-state index in [1.807, 2.05) is 12.1 Å². The van der Waals surface area contributed by atoms with E-state index in [1.54, 1.807) is 24.8 Å². The van der Waals surface area contributed by atoms with Crippen LogP contribution in [0.15, 0.2) is 36.7 Å². The predicted octanol–water partition coefficient (Wildman–Crippen LogP) is 3.82. The van der Waals surface area contributed by atoms with Gasteiger partial charge in [0.1, 0.15) is 17.9 Å². The number of hydrogen-bond acceptors (Lipinski definition) is 6. The van der Waals surface area contributed by atoms with Crippen LogP contribution >= 0.6 is 11.3 Å². The molecule has 1 aliphatic rings. The maximum absolute atomic E-state index is 5.43. The molecule has 24 heavy (non-hydrogen) atoms. The van der Waals surface area contributed by atoms with Crippen LogP contribution in [-0.4, -0.2) is 36.8 Å². The molecule has 2 aromatic heterocycles. The van der Waals surface area contributed by atoms with Gasteiger partial charge in [0.15, 0.2) is 0 Å². The molecule has 1 aromatic carbocycles. The topological polar surface area (TPSA) is 56.3 Å². The van der Waals surface area contributed by atoms with E-state index in [4.69, 9.17) is 9.47 Å². The average Bonchev–Trinajstić information content (AvgIpc) is 3.29. The number of hydrogen-bond donors (Lipinski definition) is 1. The number of nitrogens with zero attached hydrogens (tertiary/aromatic N) is 2. The van der Waals surface area contributed by atoms with E-state index in [0.29, 0.717) is 5.92 Å². The first-order valence-corrected chi connectivity index (χ1v) is 8.86. The Kier molecular flexibility index (Phi) is 4.32. The molecule has 1 saturated heterocycles. The van der Waals surface area contributed by atoms with Crippen molar-refractivity contribution < 1.29 is 9.47 Å². The van der Waals surface area contributed by atoms with E-state index in [1.165, 1.54) is 4.88 Å². The number of methoxy groups -OCH3 is 1. The largest absolute Gasteiger partial charge is 0.497 e. The molecule has 0 bridgehead atoms. The molecule has 1 N–H and O–H groups in total. The van der Waals surface area contributed by atoms with Gasteiger partial charge in [-0.3, -0.25) is 0 Å². The van der Waals surface area contributed by atoms with Crippen molar-refractivity contribution in [2.24, 2.45) is 5.92 Å². The fourth-order valence-electron chi connectivity index (χ4n) is 2.86. The van der Waals surface area contributed by atoms with Crippen molar-refractivity contribution in [1.82, 2.24) is 9.97 Å². The second kappa shape index (κ2) is 6.75. The van der Waals surface area contributed by atoms with Crippen LogP contribution in [0.25, 0.3) is 20.7 Å². The van der Waals surface area contributed by atoms with E-state index in [-0.39, 0.29) is 0 Å². The van der Waals surface area contributed by atoms with Gasteiger partial charge in [0, 0.05) is 23.9 Å². The van der Waals surface area contributed by atoms with E-state index in [2.05, 4.69) is 33.5 Å².